The van der Waals surface area contributed by atoms with Gasteiger partial charge in [-0.05, 0) is 92.0 Å². The molecule has 1 N–H and O–H groups in total. The van der Waals surface area contributed by atoms with Crippen LogP contribution in [0.1, 0.15) is 54.4 Å². The van der Waals surface area contributed by atoms with Gasteiger partial charge in [-0.1, -0.05) is 12.1 Å². The molecule has 170 valence electrons. The van der Waals surface area contributed by atoms with Gasteiger partial charge < -0.3 is 14.5 Å². The van der Waals surface area contributed by atoms with Gasteiger partial charge in [0, 0.05) is 16.7 Å². The fourth-order valence-electron chi connectivity index (χ4n) is 7.23. The fraction of sp³-hybridized carbons (Fsp3) is 0.429. The summed E-state index contributed by atoms with van der Waals surface area (Å²) in [7, 11) is 3.19. The maximum absolute atomic E-state index is 11.7. The number of benzene rings is 2. The molecule has 3 aromatic rings. The first-order valence-electron chi connectivity index (χ1n) is 12.0. The number of hydrogen-bond acceptors (Lipinski definition) is 4. The Balaban J connectivity index is 1.33. The fourth-order valence-corrected chi connectivity index (χ4v) is 7.23. The molecule has 33 heavy (non-hydrogen) atoms. The second-order valence-corrected chi connectivity index (χ2v) is 10.3. The van der Waals surface area contributed by atoms with Crippen LogP contribution in [0.25, 0.3) is 22.6 Å². The Kier molecular flexibility index (Phi) is 4.82. The van der Waals surface area contributed by atoms with Crippen molar-refractivity contribution in [2.75, 3.05) is 14.2 Å². The minimum atomic E-state index is -0.336. The van der Waals surface area contributed by atoms with Crippen LogP contribution in [0.5, 0.6) is 5.75 Å². The summed E-state index contributed by atoms with van der Waals surface area (Å²) in [5, 5.41) is 0. The smallest absolute Gasteiger partial charge is 0.337 e. The lowest BCUT2D eigenvalue weighted by Gasteiger charge is -2.57. The van der Waals surface area contributed by atoms with Crippen LogP contribution < -0.4 is 4.74 Å². The highest BCUT2D eigenvalue weighted by atomic mass is 16.5. The van der Waals surface area contributed by atoms with Crippen molar-refractivity contribution in [2.24, 2.45) is 17.8 Å². The van der Waals surface area contributed by atoms with Crippen molar-refractivity contribution in [3.8, 4) is 28.4 Å². The number of aromatic nitrogens is 2. The van der Waals surface area contributed by atoms with E-state index < -0.39 is 0 Å². The molecule has 5 heteroatoms. The van der Waals surface area contributed by atoms with Gasteiger partial charge >= 0.3 is 5.97 Å². The van der Waals surface area contributed by atoms with E-state index >= 15 is 0 Å². The van der Waals surface area contributed by atoms with E-state index in [1.165, 1.54) is 51.2 Å². The predicted octanol–water partition coefficient (Wildman–Crippen LogP) is 6.01. The van der Waals surface area contributed by atoms with Crippen molar-refractivity contribution in [1.82, 2.24) is 9.97 Å². The Hall–Kier alpha value is -3.08. The molecule has 0 atom stereocenters. The number of carbonyl (C=O) groups excluding carboxylic acids is 1. The number of aromatic amines is 1. The zero-order chi connectivity index (χ0) is 22.6. The summed E-state index contributed by atoms with van der Waals surface area (Å²) >= 11 is 0. The van der Waals surface area contributed by atoms with Crippen LogP contribution in [0.4, 0.5) is 0 Å². The van der Waals surface area contributed by atoms with Gasteiger partial charge in [-0.2, -0.15) is 0 Å². The summed E-state index contributed by atoms with van der Waals surface area (Å²) < 4.78 is 10.7. The van der Waals surface area contributed by atoms with Gasteiger partial charge in [0.2, 0.25) is 0 Å². The highest BCUT2D eigenvalue weighted by Crippen LogP contribution is 2.62. The quantitative estimate of drug-likeness (QED) is 0.492. The average Bonchev–Trinajstić information content (AvgIpc) is 3.33. The summed E-state index contributed by atoms with van der Waals surface area (Å²) in [6, 6.07) is 13.9. The monoisotopic (exact) mass is 442 g/mol. The van der Waals surface area contributed by atoms with Crippen LogP contribution in [0.3, 0.4) is 0 Å². The van der Waals surface area contributed by atoms with E-state index in [4.69, 9.17) is 9.47 Å². The van der Waals surface area contributed by atoms with Crippen LogP contribution >= 0.6 is 0 Å². The number of H-pyrrole nitrogens is 1. The molecule has 4 fully saturated rings. The maximum atomic E-state index is 11.7. The first kappa shape index (κ1) is 20.5. The molecule has 4 bridgehead atoms. The van der Waals surface area contributed by atoms with E-state index in [1.807, 2.05) is 18.3 Å². The minimum absolute atomic E-state index is 0.267. The maximum Gasteiger partial charge on any atom is 0.337 e. The van der Waals surface area contributed by atoms with Crippen molar-refractivity contribution in [3.05, 3.63) is 59.8 Å². The third-order valence-corrected chi connectivity index (χ3v) is 8.28. The molecular formula is C28H30N2O3. The number of imidazole rings is 1. The van der Waals surface area contributed by atoms with Gasteiger partial charge in [-0.25, -0.2) is 9.78 Å². The Morgan fingerprint density at radius 2 is 1.58 bits per heavy atom. The Morgan fingerprint density at radius 3 is 2.18 bits per heavy atom. The lowest BCUT2D eigenvalue weighted by atomic mass is 9.48. The normalized spacial score (nSPS) is 27.5. The van der Waals surface area contributed by atoms with Gasteiger partial charge in [-0.3, -0.25) is 0 Å². The van der Waals surface area contributed by atoms with Crippen molar-refractivity contribution >= 4 is 5.97 Å². The summed E-state index contributed by atoms with van der Waals surface area (Å²) in [4.78, 5) is 19.8. The number of hydrogen-bond donors (Lipinski definition) is 1. The SMILES string of the molecule is COC(=O)c1ccc(-c2ncc(-c3ccc(OC)c(C45CC6CC(CC(C6)C4)C5)c3)[nH]2)cc1. The van der Waals surface area contributed by atoms with Crippen molar-refractivity contribution in [2.45, 2.75) is 43.9 Å². The molecule has 4 saturated carbocycles. The lowest BCUT2D eigenvalue weighted by molar-refractivity contribution is -0.00613. The first-order valence-corrected chi connectivity index (χ1v) is 12.0. The minimum Gasteiger partial charge on any atom is -0.496 e. The zero-order valence-electron chi connectivity index (χ0n) is 19.3. The third-order valence-electron chi connectivity index (χ3n) is 8.28. The van der Waals surface area contributed by atoms with Gasteiger partial charge in [0.05, 0.1) is 31.7 Å². The van der Waals surface area contributed by atoms with Crippen molar-refractivity contribution in [1.29, 1.82) is 0 Å². The molecule has 4 aliphatic rings. The molecule has 0 saturated heterocycles. The number of methoxy groups -OCH3 is 2. The molecule has 2 aromatic carbocycles. The molecular weight excluding hydrogens is 412 g/mol. The molecule has 0 aliphatic heterocycles. The van der Waals surface area contributed by atoms with Gasteiger partial charge in [-0.15, -0.1) is 0 Å². The van der Waals surface area contributed by atoms with E-state index in [1.54, 1.807) is 19.2 Å². The molecule has 7 rings (SSSR count). The number of nitrogens with zero attached hydrogens (tertiary/aromatic N) is 1. The van der Waals surface area contributed by atoms with E-state index in [0.29, 0.717) is 5.56 Å². The van der Waals surface area contributed by atoms with Gasteiger partial charge in [0.1, 0.15) is 11.6 Å². The van der Waals surface area contributed by atoms with Gasteiger partial charge in [0.25, 0.3) is 0 Å². The van der Waals surface area contributed by atoms with Crippen molar-refractivity contribution < 1.29 is 14.3 Å². The summed E-state index contributed by atoms with van der Waals surface area (Å²) in [6.07, 6.45) is 10.1. The number of rotatable bonds is 5. The second kappa shape index (κ2) is 7.75. The highest BCUT2D eigenvalue weighted by molar-refractivity contribution is 5.89. The van der Waals surface area contributed by atoms with E-state index in [2.05, 4.69) is 28.2 Å². The van der Waals surface area contributed by atoms with Crippen LogP contribution in [-0.2, 0) is 10.2 Å². The topological polar surface area (TPSA) is 64.2 Å². The van der Waals surface area contributed by atoms with E-state index in [0.717, 1.165) is 46.1 Å². The third kappa shape index (κ3) is 3.45. The molecule has 0 unspecified atom stereocenters. The predicted molar refractivity (Wildman–Crippen MR) is 127 cm³/mol. The van der Waals surface area contributed by atoms with Crippen LogP contribution in [0, 0.1) is 17.8 Å². The molecule has 0 spiro atoms. The molecule has 1 heterocycles. The van der Waals surface area contributed by atoms with Crippen LogP contribution in [0.2, 0.25) is 0 Å². The van der Waals surface area contributed by atoms with Crippen LogP contribution in [-0.4, -0.2) is 30.2 Å². The summed E-state index contributed by atoms with van der Waals surface area (Å²) in [5.74, 6) is 4.13. The Morgan fingerprint density at radius 1 is 0.939 bits per heavy atom. The number of nitrogens with one attached hydrogen (secondary N) is 1. The molecule has 1 aromatic heterocycles. The van der Waals surface area contributed by atoms with Crippen LogP contribution in [0.15, 0.2) is 48.7 Å². The number of esters is 1. The van der Waals surface area contributed by atoms with Crippen molar-refractivity contribution in [3.63, 3.8) is 0 Å². The lowest BCUT2D eigenvalue weighted by Crippen LogP contribution is -2.48. The second-order valence-electron chi connectivity index (χ2n) is 10.3. The highest BCUT2D eigenvalue weighted by Gasteiger charge is 2.52. The molecule has 5 nitrogen and oxygen atoms in total. The van der Waals surface area contributed by atoms with Gasteiger partial charge in [0.15, 0.2) is 0 Å². The number of ether oxygens (including phenoxy) is 2. The Bertz CT molecular complexity index is 1160. The van der Waals surface area contributed by atoms with E-state index in [-0.39, 0.29) is 11.4 Å². The molecule has 0 amide bonds. The average molecular weight is 443 g/mol. The Labute approximate surface area is 194 Å². The summed E-state index contributed by atoms with van der Waals surface area (Å²) in [6.45, 7) is 0. The largest absolute Gasteiger partial charge is 0.496 e. The molecule has 4 aliphatic carbocycles. The molecule has 0 radical (unpaired) electrons. The number of carbonyl (C=O) groups is 1. The van der Waals surface area contributed by atoms with E-state index in [9.17, 15) is 4.79 Å². The first-order chi connectivity index (χ1) is 16.1. The standard InChI is InChI=1S/C28H30N2O3/c1-32-25-8-7-22(12-23(25)28-13-17-9-18(14-28)11-19(10-17)15-28)24-16-29-26(30-24)20-3-5-21(6-4-20)27(31)33-2/h3-8,12,16-19H,9-11,13-15H2,1-2H3,(H,29,30). The summed E-state index contributed by atoms with van der Waals surface area (Å²) in [5.41, 5.74) is 5.26. The zero-order valence-corrected chi connectivity index (χ0v) is 19.3.